The number of carbonyl (C=O) groups is 1. The first-order chi connectivity index (χ1) is 14.0. The van der Waals surface area contributed by atoms with Crippen molar-refractivity contribution in [2.75, 3.05) is 5.32 Å². The lowest BCUT2D eigenvalue weighted by molar-refractivity contribution is 0.0977. The number of benzene rings is 3. The van der Waals surface area contributed by atoms with Gasteiger partial charge in [0.2, 0.25) is 0 Å². The summed E-state index contributed by atoms with van der Waals surface area (Å²) in [7, 11) is 0. The van der Waals surface area contributed by atoms with Gasteiger partial charge in [0, 0.05) is 11.1 Å². The number of hydrogen-bond acceptors (Lipinski definition) is 3. The van der Waals surface area contributed by atoms with E-state index in [1.807, 2.05) is 30.3 Å². The van der Waals surface area contributed by atoms with E-state index in [0.717, 1.165) is 16.6 Å². The van der Waals surface area contributed by atoms with Crippen molar-refractivity contribution in [2.45, 2.75) is 0 Å². The van der Waals surface area contributed by atoms with Gasteiger partial charge in [0.1, 0.15) is 11.6 Å². The lowest BCUT2D eigenvalue weighted by atomic mass is 10.2. The van der Waals surface area contributed by atoms with Crippen LogP contribution in [0.2, 0.25) is 5.02 Å². The van der Waals surface area contributed by atoms with Crippen molar-refractivity contribution in [2.24, 2.45) is 0 Å². The number of hydrogen-bond donors (Lipinski definition) is 3. The number of anilines is 1. The Balaban J connectivity index is 1.52. The molecule has 1 amide bonds. The highest BCUT2D eigenvalue weighted by molar-refractivity contribution is 7.80. The summed E-state index contributed by atoms with van der Waals surface area (Å²) in [5.74, 6) is -0.185. The lowest BCUT2D eigenvalue weighted by Gasteiger charge is -2.12. The molecule has 0 aliphatic heterocycles. The molecule has 0 bridgehead atoms. The fraction of sp³-hybridized carbons (Fsp3) is 0. The summed E-state index contributed by atoms with van der Waals surface area (Å²) >= 11 is 11.5. The number of thiocarbonyl (C=S) groups is 1. The number of aromatic amines is 1. The second-order valence-corrected chi connectivity index (χ2v) is 7.03. The van der Waals surface area contributed by atoms with E-state index in [1.165, 1.54) is 24.3 Å². The Labute approximate surface area is 175 Å². The number of halogens is 2. The molecule has 4 rings (SSSR count). The highest BCUT2D eigenvalue weighted by Crippen LogP contribution is 2.28. The Morgan fingerprint density at radius 2 is 1.83 bits per heavy atom. The van der Waals surface area contributed by atoms with Gasteiger partial charge in [-0.25, -0.2) is 9.37 Å². The van der Waals surface area contributed by atoms with Crippen molar-refractivity contribution >= 4 is 51.6 Å². The van der Waals surface area contributed by atoms with Crippen LogP contribution in [0.1, 0.15) is 10.4 Å². The molecule has 3 aromatic carbocycles. The Hall–Kier alpha value is -3.29. The molecule has 1 heterocycles. The van der Waals surface area contributed by atoms with E-state index in [-0.39, 0.29) is 10.7 Å². The van der Waals surface area contributed by atoms with Gasteiger partial charge in [-0.2, -0.15) is 0 Å². The zero-order chi connectivity index (χ0) is 20.4. The maximum atomic E-state index is 13.0. The molecule has 0 aliphatic rings. The number of para-hydroxylation sites is 2. The third-order valence-corrected chi connectivity index (χ3v) is 4.74. The highest BCUT2D eigenvalue weighted by atomic mass is 35.5. The first kappa shape index (κ1) is 19.0. The molecule has 3 N–H and O–H groups in total. The van der Waals surface area contributed by atoms with E-state index in [2.05, 4.69) is 20.6 Å². The molecule has 1 aromatic heterocycles. The van der Waals surface area contributed by atoms with E-state index in [0.29, 0.717) is 16.5 Å². The third-order valence-electron chi connectivity index (χ3n) is 4.21. The zero-order valence-electron chi connectivity index (χ0n) is 14.9. The Morgan fingerprint density at radius 1 is 1.07 bits per heavy atom. The molecule has 144 valence electrons. The minimum absolute atomic E-state index is 0.0722. The summed E-state index contributed by atoms with van der Waals surface area (Å²) in [4.78, 5) is 20.0. The lowest BCUT2D eigenvalue weighted by Crippen LogP contribution is -2.34. The summed E-state index contributed by atoms with van der Waals surface area (Å²) in [5, 5.41) is 5.97. The molecule has 5 nitrogen and oxygen atoms in total. The first-order valence-electron chi connectivity index (χ1n) is 8.62. The molecule has 0 spiro atoms. The topological polar surface area (TPSA) is 69.8 Å². The first-order valence-corrected chi connectivity index (χ1v) is 9.41. The van der Waals surface area contributed by atoms with Crippen molar-refractivity contribution in [3.63, 3.8) is 0 Å². The van der Waals surface area contributed by atoms with Crippen LogP contribution in [0, 0.1) is 5.82 Å². The summed E-state index contributed by atoms with van der Waals surface area (Å²) in [5.41, 5.74) is 3.40. The maximum absolute atomic E-state index is 13.0. The van der Waals surface area contributed by atoms with E-state index in [9.17, 15) is 9.18 Å². The molecule has 0 saturated heterocycles. The Bertz CT molecular complexity index is 1190. The van der Waals surface area contributed by atoms with Gasteiger partial charge < -0.3 is 10.3 Å². The summed E-state index contributed by atoms with van der Waals surface area (Å²) in [6.45, 7) is 0. The van der Waals surface area contributed by atoms with Crippen LogP contribution in [-0.2, 0) is 0 Å². The second-order valence-electron chi connectivity index (χ2n) is 6.21. The quantitative estimate of drug-likeness (QED) is 0.398. The Morgan fingerprint density at radius 3 is 2.59 bits per heavy atom. The van der Waals surface area contributed by atoms with Crippen LogP contribution < -0.4 is 10.6 Å². The zero-order valence-corrected chi connectivity index (χ0v) is 16.4. The number of nitrogens with one attached hydrogen (secondary N) is 3. The average molecular weight is 425 g/mol. The number of H-pyrrole nitrogens is 1. The van der Waals surface area contributed by atoms with Crippen molar-refractivity contribution in [1.82, 2.24) is 15.3 Å². The van der Waals surface area contributed by atoms with Crippen LogP contribution in [0.5, 0.6) is 0 Å². The number of fused-ring (bicyclic) bond motifs is 1. The van der Waals surface area contributed by atoms with Crippen LogP contribution >= 0.6 is 23.8 Å². The van der Waals surface area contributed by atoms with E-state index >= 15 is 0 Å². The smallest absolute Gasteiger partial charge is 0.257 e. The molecular weight excluding hydrogens is 411 g/mol. The Kier molecular flexibility index (Phi) is 5.24. The van der Waals surface area contributed by atoms with E-state index in [1.54, 1.807) is 12.1 Å². The number of nitrogens with zero attached hydrogens (tertiary/aromatic N) is 1. The van der Waals surface area contributed by atoms with Crippen molar-refractivity contribution in [3.05, 3.63) is 83.1 Å². The SMILES string of the molecule is O=C(NC(=S)Nc1cc(-c2nc3ccccc3[nH]2)ccc1Cl)c1ccc(F)cc1. The number of rotatable bonds is 3. The van der Waals surface area contributed by atoms with Crippen LogP contribution in [-0.4, -0.2) is 21.0 Å². The number of amides is 1. The summed E-state index contributed by atoms with van der Waals surface area (Å²) in [6, 6.07) is 18.2. The fourth-order valence-corrected chi connectivity index (χ4v) is 3.16. The van der Waals surface area contributed by atoms with Crippen LogP contribution in [0.4, 0.5) is 10.1 Å². The number of aromatic nitrogens is 2. The largest absolute Gasteiger partial charge is 0.338 e. The van der Waals surface area contributed by atoms with Crippen molar-refractivity contribution in [3.8, 4) is 11.4 Å². The number of imidazole rings is 1. The van der Waals surface area contributed by atoms with Gasteiger partial charge in [0.05, 0.1) is 21.7 Å². The number of carbonyl (C=O) groups excluding carboxylic acids is 1. The predicted molar refractivity (Wildman–Crippen MR) is 117 cm³/mol. The molecule has 0 aliphatic carbocycles. The maximum Gasteiger partial charge on any atom is 0.257 e. The molecule has 0 unspecified atom stereocenters. The molecule has 0 fully saturated rings. The van der Waals surface area contributed by atoms with E-state index < -0.39 is 11.7 Å². The van der Waals surface area contributed by atoms with Gasteiger partial charge in [-0.15, -0.1) is 0 Å². The van der Waals surface area contributed by atoms with Crippen LogP contribution in [0.25, 0.3) is 22.4 Å². The fourth-order valence-electron chi connectivity index (χ4n) is 2.79. The van der Waals surface area contributed by atoms with Crippen LogP contribution in [0.15, 0.2) is 66.7 Å². The van der Waals surface area contributed by atoms with Gasteiger partial charge in [0.25, 0.3) is 5.91 Å². The van der Waals surface area contributed by atoms with Crippen molar-refractivity contribution in [1.29, 1.82) is 0 Å². The minimum Gasteiger partial charge on any atom is -0.338 e. The molecule has 29 heavy (non-hydrogen) atoms. The van der Waals surface area contributed by atoms with Gasteiger partial charge in [0.15, 0.2) is 5.11 Å². The van der Waals surface area contributed by atoms with Crippen molar-refractivity contribution < 1.29 is 9.18 Å². The molecule has 0 saturated carbocycles. The standard InChI is InChI=1S/C21H14ClFN4OS/c22-15-10-7-13(19-24-16-3-1-2-4-17(16)25-19)11-18(15)26-21(29)27-20(28)12-5-8-14(23)9-6-12/h1-11H,(H,24,25)(H2,26,27,28,29). The van der Waals surface area contributed by atoms with Gasteiger partial charge in [-0.1, -0.05) is 23.7 Å². The summed E-state index contributed by atoms with van der Waals surface area (Å²) in [6.07, 6.45) is 0. The van der Waals surface area contributed by atoms with Gasteiger partial charge in [-0.3, -0.25) is 10.1 Å². The van der Waals surface area contributed by atoms with Gasteiger partial charge >= 0.3 is 0 Å². The molecule has 0 atom stereocenters. The molecule has 4 aromatic rings. The van der Waals surface area contributed by atoms with E-state index in [4.69, 9.17) is 23.8 Å². The monoisotopic (exact) mass is 424 g/mol. The normalized spacial score (nSPS) is 10.7. The molecular formula is C21H14ClFN4OS. The predicted octanol–water partition coefficient (Wildman–Crippen LogP) is 5.15. The van der Waals surface area contributed by atoms with Gasteiger partial charge in [-0.05, 0) is 66.8 Å². The minimum atomic E-state index is -0.452. The molecule has 0 radical (unpaired) electrons. The van der Waals surface area contributed by atoms with Crippen LogP contribution in [0.3, 0.4) is 0 Å². The third kappa shape index (κ3) is 4.26. The second kappa shape index (κ2) is 7.98. The highest BCUT2D eigenvalue weighted by Gasteiger charge is 2.12. The summed E-state index contributed by atoms with van der Waals surface area (Å²) < 4.78 is 13.0. The molecule has 8 heteroatoms. The average Bonchev–Trinajstić information content (AvgIpc) is 3.14.